The Kier molecular flexibility index (Phi) is 9.45. The molecule has 1 aromatic carbocycles. The predicted octanol–water partition coefficient (Wildman–Crippen LogP) is 3.94. The number of rotatable bonds is 3. The van der Waals surface area contributed by atoms with Gasteiger partial charge in [0.1, 0.15) is 5.82 Å². The zero-order valence-corrected chi connectivity index (χ0v) is 12.8. The molecule has 3 N–H and O–H groups in total. The van der Waals surface area contributed by atoms with Crippen molar-refractivity contribution in [3.05, 3.63) is 41.7 Å². The lowest BCUT2D eigenvalue weighted by atomic mass is 10.1. The molecule has 0 aliphatic carbocycles. The summed E-state index contributed by atoms with van der Waals surface area (Å²) in [6.07, 6.45) is 2.70. The van der Waals surface area contributed by atoms with E-state index in [0.717, 1.165) is 23.5 Å². The molecular weight excluding hydrogens is 234 g/mol. The molecule has 0 fully saturated rings. The lowest BCUT2D eigenvalue weighted by Crippen LogP contribution is -2.02. The van der Waals surface area contributed by atoms with Gasteiger partial charge in [-0.15, -0.1) is 0 Å². The summed E-state index contributed by atoms with van der Waals surface area (Å²) in [5.74, 6) is 0.915. The fourth-order valence-corrected chi connectivity index (χ4v) is 1.50. The number of hydrogen-bond donors (Lipinski definition) is 2. The number of aromatic amines is 1. The molecule has 1 heterocycles. The van der Waals surface area contributed by atoms with Crippen LogP contribution in [0.5, 0.6) is 0 Å². The van der Waals surface area contributed by atoms with Gasteiger partial charge in [-0.25, -0.2) is 4.98 Å². The Bertz CT molecular complexity index is 430. The average molecular weight is 261 g/mol. The molecule has 0 atom stereocenters. The first-order valence-electron chi connectivity index (χ1n) is 7.10. The fraction of sp³-hybridized carbons (Fsp3) is 0.438. The summed E-state index contributed by atoms with van der Waals surface area (Å²) in [5, 5.41) is 0. The lowest BCUT2D eigenvalue weighted by Gasteiger charge is -1.97. The van der Waals surface area contributed by atoms with Crippen molar-refractivity contribution < 1.29 is 0 Å². The number of nitrogens with two attached hydrogens (primary N) is 1. The molecule has 106 valence electrons. The molecule has 0 amide bonds. The first kappa shape index (κ1) is 17.4. The van der Waals surface area contributed by atoms with Gasteiger partial charge in [0, 0.05) is 23.9 Å². The van der Waals surface area contributed by atoms with Gasteiger partial charge in [0.05, 0.1) is 0 Å². The molecule has 3 heteroatoms. The van der Waals surface area contributed by atoms with Crippen LogP contribution in [0.2, 0.25) is 0 Å². The maximum absolute atomic E-state index is 5.48. The number of aromatic nitrogens is 2. The van der Waals surface area contributed by atoms with Crippen molar-refractivity contribution in [2.45, 2.75) is 41.0 Å². The highest BCUT2D eigenvalue weighted by Gasteiger charge is 2.02. The first-order valence-corrected chi connectivity index (χ1v) is 7.10. The summed E-state index contributed by atoms with van der Waals surface area (Å²) in [6.45, 7) is 10.7. The van der Waals surface area contributed by atoms with Gasteiger partial charge in [-0.1, -0.05) is 57.5 Å². The predicted molar refractivity (Wildman–Crippen MR) is 84.2 cm³/mol. The maximum Gasteiger partial charge on any atom is 0.137 e. The number of nitrogens with zero attached hydrogens (tertiary/aromatic N) is 1. The van der Waals surface area contributed by atoms with Crippen LogP contribution in [0.25, 0.3) is 11.4 Å². The Morgan fingerprint density at radius 2 is 1.63 bits per heavy atom. The zero-order chi connectivity index (χ0) is 14.7. The van der Waals surface area contributed by atoms with E-state index in [-0.39, 0.29) is 0 Å². The zero-order valence-electron chi connectivity index (χ0n) is 12.8. The van der Waals surface area contributed by atoms with Gasteiger partial charge in [0.15, 0.2) is 0 Å². The van der Waals surface area contributed by atoms with E-state index >= 15 is 0 Å². The van der Waals surface area contributed by atoms with E-state index in [2.05, 4.69) is 41.2 Å². The second-order valence-corrected chi connectivity index (χ2v) is 3.66. The van der Waals surface area contributed by atoms with Crippen LogP contribution in [0, 0.1) is 6.92 Å². The summed E-state index contributed by atoms with van der Waals surface area (Å²) in [5.41, 5.74) is 8.94. The van der Waals surface area contributed by atoms with Crippen molar-refractivity contribution in [3.63, 3.8) is 0 Å². The quantitative estimate of drug-likeness (QED) is 0.879. The van der Waals surface area contributed by atoms with Gasteiger partial charge in [0.2, 0.25) is 0 Å². The molecule has 0 aliphatic rings. The summed E-state index contributed by atoms with van der Waals surface area (Å²) in [4.78, 5) is 7.58. The first-order chi connectivity index (χ1) is 9.29. The Morgan fingerprint density at radius 3 is 2.16 bits per heavy atom. The van der Waals surface area contributed by atoms with Crippen LogP contribution in [-0.4, -0.2) is 16.5 Å². The van der Waals surface area contributed by atoms with Crippen molar-refractivity contribution in [3.8, 4) is 11.4 Å². The number of hydrogen-bond acceptors (Lipinski definition) is 2. The van der Waals surface area contributed by atoms with E-state index < -0.39 is 0 Å². The Labute approximate surface area is 117 Å². The molecule has 0 saturated heterocycles. The second-order valence-electron chi connectivity index (χ2n) is 3.66. The van der Waals surface area contributed by atoms with Crippen LogP contribution in [0.15, 0.2) is 30.5 Å². The Hall–Kier alpha value is -1.61. The summed E-state index contributed by atoms with van der Waals surface area (Å²) < 4.78 is 0. The topological polar surface area (TPSA) is 54.7 Å². The molecule has 3 nitrogen and oxygen atoms in total. The SMILES string of the molecule is CC.CC.Cc1ccc(-c2ncc(CCN)[nH]2)cc1. The minimum atomic E-state index is 0.648. The minimum Gasteiger partial charge on any atom is -0.342 e. The van der Waals surface area contributed by atoms with Crippen molar-refractivity contribution in [1.29, 1.82) is 0 Å². The molecule has 0 radical (unpaired) electrons. The molecule has 2 aromatic rings. The highest BCUT2D eigenvalue weighted by Crippen LogP contribution is 2.16. The van der Waals surface area contributed by atoms with Gasteiger partial charge in [-0.2, -0.15) is 0 Å². The Balaban J connectivity index is 0.000000741. The lowest BCUT2D eigenvalue weighted by molar-refractivity contribution is 0.936. The minimum absolute atomic E-state index is 0.648. The third-order valence-electron chi connectivity index (χ3n) is 2.37. The molecule has 19 heavy (non-hydrogen) atoms. The highest BCUT2D eigenvalue weighted by atomic mass is 14.9. The summed E-state index contributed by atoms with van der Waals surface area (Å²) in [6, 6.07) is 8.31. The van der Waals surface area contributed by atoms with E-state index in [1.54, 1.807) is 0 Å². The third-order valence-corrected chi connectivity index (χ3v) is 2.37. The molecule has 0 aliphatic heterocycles. The fourth-order valence-electron chi connectivity index (χ4n) is 1.50. The molecule has 0 bridgehead atoms. The number of benzene rings is 1. The highest BCUT2D eigenvalue weighted by molar-refractivity contribution is 5.55. The number of aryl methyl sites for hydroxylation is 1. The van der Waals surface area contributed by atoms with Gasteiger partial charge < -0.3 is 10.7 Å². The summed E-state index contributed by atoms with van der Waals surface area (Å²) in [7, 11) is 0. The van der Waals surface area contributed by atoms with Crippen molar-refractivity contribution in [1.82, 2.24) is 9.97 Å². The van der Waals surface area contributed by atoms with Crippen molar-refractivity contribution >= 4 is 0 Å². The van der Waals surface area contributed by atoms with Crippen molar-refractivity contribution in [2.24, 2.45) is 5.73 Å². The standard InChI is InChI=1S/C12H15N3.2C2H6/c1-9-2-4-10(5-3-9)12-14-8-11(15-12)6-7-13;2*1-2/h2-5,8H,6-7,13H2,1H3,(H,14,15);2*1-2H3. The number of H-pyrrole nitrogens is 1. The Morgan fingerprint density at radius 1 is 1.05 bits per heavy atom. The van der Waals surface area contributed by atoms with Gasteiger partial charge in [0.25, 0.3) is 0 Å². The van der Waals surface area contributed by atoms with E-state index in [4.69, 9.17) is 5.73 Å². The van der Waals surface area contributed by atoms with Crippen LogP contribution in [0.4, 0.5) is 0 Å². The van der Waals surface area contributed by atoms with E-state index in [0.29, 0.717) is 6.54 Å². The number of nitrogens with one attached hydrogen (secondary N) is 1. The average Bonchev–Trinajstić information content (AvgIpc) is 2.93. The van der Waals surface area contributed by atoms with E-state index in [9.17, 15) is 0 Å². The van der Waals surface area contributed by atoms with Crippen LogP contribution < -0.4 is 5.73 Å². The smallest absolute Gasteiger partial charge is 0.137 e. The molecular formula is C16H27N3. The van der Waals surface area contributed by atoms with Gasteiger partial charge in [-0.05, 0) is 13.5 Å². The molecule has 0 saturated carbocycles. The molecule has 0 unspecified atom stereocenters. The maximum atomic E-state index is 5.48. The molecule has 0 spiro atoms. The van der Waals surface area contributed by atoms with Crippen LogP contribution in [0.1, 0.15) is 39.0 Å². The van der Waals surface area contributed by atoms with Crippen LogP contribution in [-0.2, 0) is 6.42 Å². The van der Waals surface area contributed by atoms with Crippen LogP contribution in [0.3, 0.4) is 0 Å². The largest absolute Gasteiger partial charge is 0.342 e. The van der Waals surface area contributed by atoms with Crippen LogP contribution >= 0.6 is 0 Å². The van der Waals surface area contributed by atoms with Crippen molar-refractivity contribution in [2.75, 3.05) is 6.54 Å². The summed E-state index contributed by atoms with van der Waals surface area (Å²) >= 11 is 0. The second kappa shape index (κ2) is 10.3. The van der Waals surface area contributed by atoms with Gasteiger partial charge >= 0.3 is 0 Å². The molecule has 2 rings (SSSR count). The monoisotopic (exact) mass is 261 g/mol. The van der Waals surface area contributed by atoms with E-state index in [1.807, 2.05) is 33.9 Å². The molecule has 1 aromatic heterocycles. The third kappa shape index (κ3) is 5.71. The normalized spacial score (nSPS) is 8.95. The number of imidazole rings is 1. The van der Waals surface area contributed by atoms with E-state index in [1.165, 1.54) is 5.56 Å². The van der Waals surface area contributed by atoms with Gasteiger partial charge in [-0.3, -0.25) is 0 Å².